The molecule has 72 valence electrons. The number of aryl methyl sites for hydroxylation is 1. The molecule has 0 saturated carbocycles. The summed E-state index contributed by atoms with van der Waals surface area (Å²) in [7, 11) is 0. The van der Waals surface area contributed by atoms with Crippen molar-refractivity contribution in [1.29, 1.82) is 0 Å². The highest BCUT2D eigenvalue weighted by molar-refractivity contribution is 9.10. The third-order valence-electron chi connectivity index (χ3n) is 1.92. The summed E-state index contributed by atoms with van der Waals surface area (Å²) in [5.74, 6) is 0.626. The predicted molar refractivity (Wildman–Crippen MR) is 56.0 cm³/mol. The molecule has 2 rings (SSSR count). The summed E-state index contributed by atoms with van der Waals surface area (Å²) in [5.41, 5.74) is 2.42. The van der Waals surface area contributed by atoms with E-state index in [4.69, 9.17) is 4.52 Å². The van der Waals surface area contributed by atoms with Crippen LogP contribution in [-0.4, -0.2) is 10.1 Å². The number of nitrogens with zero attached hydrogens (tertiary/aromatic N) is 2. The van der Waals surface area contributed by atoms with Gasteiger partial charge in [-0.2, -0.15) is 4.98 Å². The van der Waals surface area contributed by atoms with Gasteiger partial charge in [-0.05, 0) is 33.6 Å². The first kappa shape index (κ1) is 9.40. The lowest BCUT2D eigenvalue weighted by Gasteiger charge is -1.96. The monoisotopic (exact) mass is 252 g/mol. The second-order valence-corrected chi connectivity index (χ2v) is 3.83. The minimum atomic E-state index is 0.500. The average Bonchev–Trinajstić information content (AvgIpc) is 2.56. The van der Waals surface area contributed by atoms with Crippen LogP contribution in [-0.2, 0) is 6.42 Å². The molecule has 1 heterocycles. The molecule has 0 aliphatic heterocycles. The van der Waals surface area contributed by atoms with Crippen LogP contribution in [0.3, 0.4) is 0 Å². The molecule has 0 atom stereocenters. The Morgan fingerprint density at radius 3 is 2.57 bits per heavy atom. The first-order valence-electron chi connectivity index (χ1n) is 4.27. The maximum absolute atomic E-state index is 4.99. The lowest BCUT2D eigenvalue weighted by molar-refractivity contribution is 0.381. The molecule has 0 radical (unpaired) electrons. The first-order valence-corrected chi connectivity index (χ1v) is 5.07. The van der Waals surface area contributed by atoms with Gasteiger partial charge in [0.25, 0.3) is 0 Å². The van der Waals surface area contributed by atoms with Crippen LogP contribution in [0.5, 0.6) is 0 Å². The Kier molecular flexibility index (Phi) is 2.63. The second-order valence-electron chi connectivity index (χ2n) is 3.12. The normalized spacial score (nSPS) is 10.4. The molecule has 14 heavy (non-hydrogen) atoms. The van der Waals surface area contributed by atoms with E-state index >= 15 is 0 Å². The van der Waals surface area contributed by atoms with Gasteiger partial charge in [0, 0.05) is 0 Å². The van der Waals surface area contributed by atoms with Crippen molar-refractivity contribution in [2.75, 3.05) is 0 Å². The van der Waals surface area contributed by atoms with Crippen molar-refractivity contribution in [3.8, 4) is 0 Å². The average molecular weight is 253 g/mol. The van der Waals surface area contributed by atoms with E-state index in [1.807, 2.05) is 0 Å². The van der Waals surface area contributed by atoms with Gasteiger partial charge in [-0.15, -0.1) is 0 Å². The summed E-state index contributed by atoms with van der Waals surface area (Å²) in [6.07, 6.45) is 0.679. The van der Waals surface area contributed by atoms with Crippen LogP contribution < -0.4 is 0 Å². The molecular formula is C10H9BrN2O. The van der Waals surface area contributed by atoms with Gasteiger partial charge in [-0.25, -0.2) is 0 Å². The third kappa shape index (κ3) is 2.20. The van der Waals surface area contributed by atoms with E-state index in [0.29, 0.717) is 17.0 Å². The van der Waals surface area contributed by atoms with E-state index in [1.54, 1.807) is 0 Å². The molecule has 0 bridgehead atoms. The highest BCUT2D eigenvalue weighted by atomic mass is 79.9. The fraction of sp³-hybridized carbons (Fsp3) is 0.200. The van der Waals surface area contributed by atoms with E-state index < -0.39 is 0 Å². The molecule has 2 aromatic rings. The van der Waals surface area contributed by atoms with E-state index in [0.717, 1.165) is 0 Å². The van der Waals surface area contributed by atoms with Crippen LogP contribution in [0.4, 0.5) is 0 Å². The molecule has 0 aliphatic rings. The van der Waals surface area contributed by atoms with E-state index in [9.17, 15) is 0 Å². The smallest absolute Gasteiger partial charge is 0.238 e. The summed E-state index contributed by atoms with van der Waals surface area (Å²) < 4.78 is 5.49. The van der Waals surface area contributed by atoms with Crippen LogP contribution in [0.25, 0.3) is 0 Å². The Morgan fingerprint density at radius 1 is 1.29 bits per heavy atom. The second kappa shape index (κ2) is 3.92. The molecule has 0 unspecified atom stereocenters. The fourth-order valence-electron chi connectivity index (χ4n) is 1.19. The van der Waals surface area contributed by atoms with Crippen molar-refractivity contribution in [3.05, 3.63) is 46.0 Å². The van der Waals surface area contributed by atoms with Gasteiger partial charge >= 0.3 is 0 Å². The van der Waals surface area contributed by atoms with Crippen LogP contribution >= 0.6 is 15.9 Å². The molecule has 0 N–H and O–H groups in total. The molecule has 1 aromatic carbocycles. The minimum Gasteiger partial charge on any atom is -0.338 e. The highest BCUT2D eigenvalue weighted by Gasteiger charge is 2.04. The minimum absolute atomic E-state index is 0.500. The molecule has 3 nitrogen and oxygen atoms in total. The van der Waals surface area contributed by atoms with Crippen molar-refractivity contribution in [2.45, 2.75) is 13.3 Å². The van der Waals surface area contributed by atoms with Crippen molar-refractivity contribution in [1.82, 2.24) is 10.1 Å². The quantitative estimate of drug-likeness (QED) is 0.825. The lowest BCUT2D eigenvalue weighted by Crippen LogP contribution is -1.87. The lowest BCUT2D eigenvalue weighted by atomic mass is 10.1. The predicted octanol–water partition coefficient (Wildman–Crippen LogP) is 2.73. The van der Waals surface area contributed by atoms with Crippen LogP contribution in [0.1, 0.15) is 17.0 Å². The summed E-state index contributed by atoms with van der Waals surface area (Å²) in [6.45, 7) is 2.06. The summed E-state index contributed by atoms with van der Waals surface area (Å²) in [4.78, 5) is 4.07. The van der Waals surface area contributed by atoms with Gasteiger partial charge in [0.1, 0.15) is 0 Å². The molecule has 0 fully saturated rings. The van der Waals surface area contributed by atoms with E-state index in [-0.39, 0.29) is 0 Å². The standard InChI is InChI=1S/C10H9BrN2O/c1-7-2-4-8(5-3-7)6-9-12-10(11)13-14-9/h2-5H,6H2,1H3. The molecule has 1 aromatic heterocycles. The van der Waals surface area contributed by atoms with E-state index in [2.05, 4.69) is 57.3 Å². The van der Waals surface area contributed by atoms with Crippen molar-refractivity contribution in [3.63, 3.8) is 0 Å². The van der Waals surface area contributed by atoms with Crippen molar-refractivity contribution >= 4 is 15.9 Å². The molecule has 0 amide bonds. The van der Waals surface area contributed by atoms with Crippen molar-refractivity contribution < 1.29 is 4.52 Å². The molecular weight excluding hydrogens is 244 g/mol. The Balaban J connectivity index is 2.15. The maximum Gasteiger partial charge on any atom is 0.238 e. The molecule has 0 saturated heterocycles. The molecule has 0 spiro atoms. The van der Waals surface area contributed by atoms with Crippen molar-refractivity contribution in [2.24, 2.45) is 0 Å². The number of hydrogen-bond acceptors (Lipinski definition) is 3. The van der Waals surface area contributed by atoms with Gasteiger partial charge in [0.05, 0.1) is 6.42 Å². The van der Waals surface area contributed by atoms with Gasteiger partial charge in [-0.1, -0.05) is 29.8 Å². The fourth-order valence-corrected chi connectivity index (χ4v) is 1.46. The molecule has 4 heteroatoms. The van der Waals surface area contributed by atoms with E-state index in [1.165, 1.54) is 11.1 Å². The Morgan fingerprint density at radius 2 is 2.00 bits per heavy atom. The zero-order valence-corrected chi connectivity index (χ0v) is 9.28. The zero-order chi connectivity index (χ0) is 9.97. The number of rotatable bonds is 2. The summed E-state index contributed by atoms with van der Waals surface area (Å²) >= 11 is 3.14. The van der Waals surface area contributed by atoms with Gasteiger partial charge in [-0.3, -0.25) is 0 Å². The number of halogens is 1. The highest BCUT2D eigenvalue weighted by Crippen LogP contribution is 2.10. The Hall–Kier alpha value is -1.16. The topological polar surface area (TPSA) is 38.9 Å². The van der Waals surface area contributed by atoms with Crippen LogP contribution in [0.2, 0.25) is 0 Å². The largest absolute Gasteiger partial charge is 0.338 e. The van der Waals surface area contributed by atoms with Gasteiger partial charge < -0.3 is 4.52 Å². The number of benzene rings is 1. The zero-order valence-electron chi connectivity index (χ0n) is 7.70. The molecule has 0 aliphatic carbocycles. The van der Waals surface area contributed by atoms with Crippen LogP contribution in [0, 0.1) is 6.92 Å². The van der Waals surface area contributed by atoms with Crippen LogP contribution in [0.15, 0.2) is 33.5 Å². The summed E-state index contributed by atoms with van der Waals surface area (Å²) in [5, 5.41) is 3.66. The summed E-state index contributed by atoms with van der Waals surface area (Å²) in [6, 6.07) is 8.27. The number of hydrogen-bond donors (Lipinski definition) is 0. The number of aromatic nitrogens is 2. The SMILES string of the molecule is Cc1ccc(Cc2nc(Br)no2)cc1. The maximum atomic E-state index is 4.99. The Bertz CT molecular complexity index is 422. The Labute approximate surface area is 90.3 Å². The van der Waals surface area contributed by atoms with Gasteiger partial charge in [0.15, 0.2) is 0 Å². The van der Waals surface area contributed by atoms with Gasteiger partial charge in [0.2, 0.25) is 10.6 Å². The first-order chi connectivity index (χ1) is 6.74. The third-order valence-corrected chi connectivity index (χ3v) is 2.24.